The van der Waals surface area contributed by atoms with Gasteiger partial charge in [-0.15, -0.1) is 0 Å². The largest absolute Gasteiger partial charge is 0.311 e. The highest BCUT2D eigenvalue weighted by atomic mass is 35.5. The van der Waals surface area contributed by atoms with Crippen LogP contribution < -0.4 is 5.32 Å². The fraction of sp³-hybridized carbons (Fsp3) is 0.625. The predicted octanol–water partition coefficient (Wildman–Crippen LogP) is 4.61. The summed E-state index contributed by atoms with van der Waals surface area (Å²) in [5.41, 5.74) is 1.44. The fourth-order valence-corrected chi connectivity index (χ4v) is 2.78. The lowest BCUT2D eigenvalue weighted by atomic mass is 9.75. The summed E-state index contributed by atoms with van der Waals surface area (Å²) >= 11 is 5.91. The van der Waals surface area contributed by atoms with Crippen LogP contribution in [0.3, 0.4) is 0 Å². The van der Waals surface area contributed by atoms with Crippen molar-refractivity contribution in [3.8, 4) is 0 Å². The maximum atomic E-state index is 5.91. The van der Waals surface area contributed by atoms with Crippen molar-refractivity contribution in [1.29, 1.82) is 0 Å². The predicted molar refractivity (Wildman–Crippen MR) is 79.3 cm³/mol. The normalized spacial score (nSPS) is 26.4. The molecule has 1 aromatic rings. The van der Waals surface area contributed by atoms with Crippen molar-refractivity contribution >= 4 is 11.6 Å². The molecule has 1 nitrogen and oxygen atoms in total. The van der Waals surface area contributed by atoms with Crippen LogP contribution in [0.5, 0.6) is 0 Å². The monoisotopic (exact) mass is 265 g/mol. The minimum Gasteiger partial charge on any atom is -0.311 e. The third kappa shape index (κ3) is 3.27. The van der Waals surface area contributed by atoms with E-state index < -0.39 is 0 Å². The fourth-order valence-electron chi connectivity index (χ4n) is 2.65. The highest BCUT2D eigenvalue weighted by molar-refractivity contribution is 6.30. The highest BCUT2D eigenvalue weighted by Crippen LogP contribution is 2.37. The molecule has 2 heteroatoms. The van der Waals surface area contributed by atoms with Crippen molar-refractivity contribution in [2.24, 2.45) is 5.92 Å². The van der Waals surface area contributed by atoms with Crippen LogP contribution in [-0.2, 0) is 0 Å². The van der Waals surface area contributed by atoms with Crippen LogP contribution in [0.15, 0.2) is 24.3 Å². The minimum absolute atomic E-state index is 0.631. The van der Waals surface area contributed by atoms with Gasteiger partial charge in [-0.05, 0) is 49.3 Å². The molecular weight excluding hydrogens is 242 g/mol. The maximum absolute atomic E-state index is 5.91. The van der Waals surface area contributed by atoms with Crippen LogP contribution in [0.1, 0.15) is 51.5 Å². The van der Waals surface area contributed by atoms with Crippen LogP contribution in [0.4, 0.5) is 0 Å². The van der Waals surface area contributed by atoms with Crippen molar-refractivity contribution in [3.05, 3.63) is 34.9 Å². The summed E-state index contributed by atoms with van der Waals surface area (Å²) in [6.45, 7) is 6.90. The number of nitrogens with one attached hydrogen (secondary N) is 1. The topological polar surface area (TPSA) is 12.0 Å². The molecular formula is C16H24ClN. The van der Waals surface area contributed by atoms with Crippen molar-refractivity contribution in [3.63, 3.8) is 0 Å². The Morgan fingerprint density at radius 3 is 2.39 bits per heavy atom. The molecule has 0 heterocycles. The van der Waals surface area contributed by atoms with Gasteiger partial charge in [-0.3, -0.25) is 0 Å². The Hall–Kier alpha value is -0.530. The third-order valence-electron chi connectivity index (χ3n) is 4.48. The second-order valence-corrected chi connectivity index (χ2v) is 6.19. The summed E-state index contributed by atoms with van der Waals surface area (Å²) < 4.78 is 0. The standard InChI is InChI=1S/C16H24ClN/c1-4-11(2)12(3)18-16-9-14(10-16)13-5-7-15(17)8-6-13/h5-8,11-12,14,16,18H,4,9-10H2,1-3H3. The number of hydrogen-bond acceptors (Lipinski definition) is 1. The Morgan fingerprint density at radius 2 is 1.83 bits per heavy atom. The first-order chi connectivity index (χ1) is 8.60. The first-order valence-corrected chi connectivity index (χ1v) is 7.49. The van der Waals surface area contributed by atoms with Gasteiger partial charge in [-0.25, -0.2) is 0 Å². The van der Waals surface area contributed by atoms with Crippen LogP contribution in [0, 0.1) is 5.92 Å². The summed E-state index contributed by atoms with van der Waals surface area (Å²) in [5, 5.41) is 4.58. The molecule has 2 unspecified atom stereocenters. The van der Waals surface area contributed by atoms with Crippen LogP contribution in [0.25, 0.3) is 0 Å². The van der Waals surface area contributed by atoms with Gasteiger partial charge in [-0.1, -0.05) is 44.0 Å². The molecule has 1 saturated carbocycles. The van der Waals surface area contributed by atoms with Crippen LogP contribution in [0.2, 0.25) is 5.02 Å². The molecule has 0 saturated heterocycles. The zero-order chi connectivity index (χ0) is 13.1. The molecule has 0 aliphatic heterocycles. The Balaban J connectivity index is 1.78. The number of hydrogen-bond donors (Lipinski definition) is 1. The van der Waals surface area contributed by atoms with E-state index in [-0.39, 0.29) is 0 Å². The Kier molecular flexibility index (Phi) is 4.69. The SMILES string of the molecule is CCC(C)C(C)NC1CC(c2ccc(Cl)cc2)C1. The van der Waals surface area contributed by atoms with Crippen molar-refractivity contribution in [2.75, 3.05) is 0 Å². The lowest BCUT2D eigenvalue weighted by Crippen LogP contribution is -2.46. The molecule has 0 amide bonds. The molecule has 1 N–H and O–H groups in total. The summed E-state index contributed by atoms with van der Waals surface area (Å²) in [6, 6.07) is 9.67. The Bertz CT molecular complexity index is 367. The van der Waals surface area contributed by atoms with Crippen molar-refractivity contribution in [2.45, 2.75) is 58.0 Å². The Morgan fingerprint density at radius 1 is 1.22 bits per heavy atom. The molecule has 0 aromatic heterocycles. The van der Waals surface area contributed by atoms with E-state index in [9.17, 15) is 0 Å². The average molecular weight is 266 g/mol. The number of rotatable bonds is 5. The average Bonchev–Trinajstić information content (AvgIpc) is 2.33. The van der Waals surface area contributed by atoms with Crippen molar-refractivity contribution in [1.82, 2.24) is 5.32 Å². The minimum atomic E-state index is 0.631. The van der Waals surface area contributed by atoms with Crippen molar-refractivity contribution < 1.29 is 0 Å². The summed E-state index contributed by atoms with van der Waals surface area (Å²) in [4.78, 5) is 0. The van der Waals surface area contributed by atoms with E-state index in [0.29, 0.717) is 12.1 Å². The number of benzene rings is 1. The smallest absolute Gasteiger partial charge is 0.0406 e. The van der Waals surface area contributed by atoms with Gasteiger partial charge in [0, 0.05) is 17.1 Å². The molecule has 18 heavy (non-hydrogen) atoms. The third-order valence-corrected chi connectivity index (χ3v) is 4.73. The lowest BCUT2D eigenvalue weighted by Gasteiger charge is -2.39. The molecule has 2 rings (SSSR count). The van der Waals surface area contributed by atoms with E-state index in [2.05, 4.69) is 38.2 Å². The van der Waals surface area contributed by atoms with E-state index in [1.54, 1.807) is 0 Å². The zero-order valence-electron chi connectivity index (χ0n) is 11.6. The summed E-state index contributed by atoms with van der Waals surface area (Å²) in [5.74, 6) is 1.49. The highest BCUT2D eigenvalue weighted by Gasteiger charge is 2.31. The molecule has 1 fully saturated rings. The molecule has 0 radical (unpaired) electrons. The molecule has 1 aromatic carbocycles. The molecule has 2 atom stereocenters. The van der Waals surface area contributed by atoms with Gasteiger partial charge >= 0.3 is 0 Å². The van der Waals surface area contributed by atoms with Crippen LogP contribution >= 0.6 is 11.6 Å². The second-order valence-electron chi connectivity index (χ2n) is 5.76. The second kappa shape index (κ2) is 6.08. The molecule has 1 aliphatic rings. The van der Waals surface area contributed by atoms with Gasteiger partial charge in [0.15, 0.2) is 0 Å². The van der Waals surface area contributed by atoms with E-state index in [4.69, 9.17) is 11.6 Å². The van der Waals surface area contributed by atoms with E-state index >= 15 is 0 Å². The first-order valence-electron chi connectivity index (χ1n) is 7.11. The van der Waals surface area contributed by atoms with Gasteiger partial charge in [0.1, 0.15) is 0 Å². The molecule has 1 aliphatic carbocycles. The van der Waals surface area contributed by atoms with Gasteiger partial charge in [-0.2, -0.15) is 0 Å². The number of halogens is 1. The van der Waals surface area contributed by atoms with Gasteiger partial charge in [0.25, 0.3) is 0 Å². The molecule has 0 bridgehead atoms. The molecule has 100 valence electrons. The van der Waals surface area contributed by atoms with Crippen LogP contribution in [-0.4, -0.2) is 12.1 Å². The van der Waals surface area contributed by atoms with E-state index in [1.807, 2.05) is 12.1 Å². The summed E-state index contributed by atoms with van der Waals surface area (Å²) in [6.07, 6.45) is 3.78. The van der Waals surface area contributed by atoms with Gasteiger partial charge in [0.05, 0.1) is 0 Å². The lowest BCUT2D eigenvalue weighted by molar-refractivity contribution is 0.241. The maximum Gasteiger partial charge on any atom is 0.0406 e. The summed E-state index contributed by atoms with van der Waals surface area (Å²) in [7, 11) is 0. The van der Waals surface area contributed by atoms with Gasteiger partial charge in [0.2, 0.25) is 0 Å². The van der Waals surface area contributed by atoms with Gasteiger partial charge < -0.3 is 5.32 Å². The van der Waals surface area contributed by atoms with E-state index in [1.165, 1.54) is 24.8 Å². The molecule has 0 spiro atoms. The quantitative estimate of drug-likeness (QED) is 0.820. The zero-order valence-corrected chi connectivity index (χ0v) is 12.4. The Labute approximate surface area is 116 Å². The first kappa shape index (κ1) is 13.9. The van der Waals surface area contributed by atoms with E-state index in [0.717, 1.165) is 16.9 Å².